The van der Waals surface area contributed by atoms with Gasteiger partial charge in [-0.05, 0) is 49.5 Å². The number of hydrogen-bond acceptors (Lipinski definition) is 8. The van der Waals surface area contributed by atoms with E-state index in [1.807, 2.05) is 35.0 Å². The summed E-state index contributed by atoms with van der Waals surface area (Å²) in [6.45, 7) is 2.31. The summed E-state index contributed by atoms with van der Waals surface area (Å²) in [5.74, 6) is 1.98. The van der Waals surface area contributed by atoms with E-state index in [1.165, 1.54) is 11.3 Å². The van der Waals surface area contributed by atoms with Crippen LogP contribution in [0.4, 0.5) is 5.69 Å². The lowest BCUT2D eigenvalue weighted by molar-refractivity contribution is -0.121. The van der Waals surface area contributed by atoms with Crippen LogP contribution in [0.3, 0.4) is 0 Å². The van der Waals surface area contributed by atoms with Crippen molar-refractivity contribution < 1.29 is 14.3 Å². The topological polar surface area (TPSA) is 96.6 Å². The zero-order valence-electron chi connectivity index (χ0n) is 18.2. The van der Waals surface area contributed by atoms with Crippen LogP contribution in [0.15, 0.2) is 45.9 Å². The molecule has 0 unspecified atom stereocenters. The van der Waals surface area contributed by atoms with Crippen molar-refractivity contribution in [2.24, 2.45) is 5.92 Å². The molecule has 2 aliphatic rings. The molecule has 0 radical (unpaired) electrons. The van der Waals surface area contributed by atoms with E-state index in [4.69, 9.17) is 14.5 Å². The van der Waals surface area contributed by atoms with Gasteiger partial charge in [0, 0.05) is 33.5 Å². The van der Waals surface area contributed by atoms with E-state index in [0.717, 1.165) is 41.2 Å². The van der Waals surface area contributed by atoms with Gasteiger partial charge in [-0.1, -0.05) is 6.07 Å². The molecule has 1 amide bonds. The van der Waals surface area contributed by atoms with Gasteiger partial charge in [0.05, 0.1) is 11.9 Å². The minimum absolute atomic E-state index is 0.0196. The fourth-order valence-corrected chi connectivity index (χ4v) is 6.25. The van der Waals surface area contributed by atoms with Crippen LogP contribution in [0.1, 0.15) is 18.7 Å². The standard InChI is InChI=1S/C24H22N4O4S2/c29-22(25-15-3-4-17-18(10-15)32-13-31-17)14-5-7-28(8-6-14)11-20-26-23(30)21-16(12-34-24(21)27-20)19-2-1-9-33-19/h1-4,9-10,12,14H,5-8,11,13H2,(H,25,29)(H,26,27,30). The van der Waals surface area contributed by atoms with Crippen LogP contribution in [0.5, 0.6) is 11.5 Å². The number of hydrogen-bond donors (Lipinski definition) is 2. The molecular weight excluding hydrogens is 472 g/mol. The molecule has 1 saturated heterocycles. The Morgan fingerprint density at radius 2 is 2.03 bits per heavy atom. The average molecular weight is 495 g/mol. The first-order valence-electron chi connectivity index (χ1n) is 11.1. The van der Waals surface area contributed by atoms with E-state index in [9.17, 15) is 9.59 Å². The van der Waals surface area contributed by atoms with Crippen molar-refractivity contribution in [3.63, 3.8) is 0 Å². The molecule has 34 heavy (non-hydrogen) atoms. The van der Waals surface area contributed by atoms with E-state index in [1.54, 1.807) is 17.4 Å². The number of thiophene rings is 2. The van der Waals surface area contributed by atoms with Crippen molar-refractivity contribution in [2.75, 3.05) is 25.2 Å². The number of nitrogens with one attached hydrogen (secondary N) is 2. The number of carbonyl (C=O) groups excluding carboxylic acids is 1. The minimum Gasteiger partial charge on any atom is -0.454 e. The van der Waals surface area contributed by atoms with E-state index >= 15 is 0 Å². The van der Waals surface area contributed by atoms with E-state index in [2.05, 4.69) is 15.2 Å². The van der Waals surface area contributed by atoms with Gasteiger partial charge in [0.2, 0.25) is 12.7 Å². The Bertz CT molecular complexity index is 1400. The molecule has 2 aliphatic heterocycles. The van der Waals surface area contributed by atoms with Crippen LogP contribution < -0.4 is 20.3 Å². The second-order valence-corrected chi connectivity index (χ2v) is 10.2. The maximum atomic E-state index is 12.8. The van der Waals surface area contributed by atoms with E-state index < -0.39 is 0 Å². The molecule has 6 rings (SSSR count). The summed E-state index contributed by atoms with van der Waals surface area (Å²) in [5, 5.41) is 7.67. The summed E-state index contributed by atoms with van der Waals surface area (Å²) in [5.41, 5.74) is 1.57. The number of benzene rings is 1. The van der Waals surface area contributed by atoms with Gasteiger partial charge in [0.1, 0.15) is 10.7 Å². The van der Waals surface area contributed by atoms with Crippen LogP contribution in [0.2, 0.25) is 0 Å². The van der Waals surface area contributed by atoms with Crippen molar-refractivity contribution in [3.8, 4) is 21.9 Å². The first-order valence-corrected chi connectivity index (χ1v) is 12.9. The lowest BCUT2D eigenvalue weighted by Crippen LogP contribution is -2.38. The number of amides is 1. The molecule has 2 N–H and O–H groups in total. The lowest BCUT2D eigenvalue weighted by atomic mass is 9.95. The Kier molecular flexibility index (Phi) is 5.56. The number of anilines is 1. The number of fused-ring (bicyclic) bond motifs is 2. The van der Waals surface area contributed by atoms with Gasteiger partial charge in [-0.2, -0.15) is 0 Å². The summed E-state index contributed by atoms with van der Waals surface area (Å²) in [6.07, 6.45) is 1.51. The zero-order valence-corrected chi connectivity index (χ0v) is 19.8. The van der Waals surface area contributed by atoms with Crippen LogP contribution in [-0.4, -0.2) is 40.7 Å². The highest BCUT2D eigenvalue weighted by Crippen LogP contribution is 2.35. The predicted molar refractivity (Wildman–Crippen MR) is 133 cm³/mol. The number of piperidine rings is 1. The number of H-pyrrole nitrogens is 1. The summed E-state index contributed by atoms with van der Waals surface area (Å²) in [7, 11) is 0. The number of likely N-dealkylation sites (tertiary alicyclic amines) is 1. The Morgan fingerprint density at radius 3 is 2.85 bits per heavy atom. The molecule has 4 aromatic rings. The molecule has 0 saturated carbocycles. The van der Waals surface area contributed by atoms with Crippen LogP contribution in [-0.2, 0) is 11.3 Å². The van der Waals surface area contributed by atoms with Gasteiger partial charge in [-0.3, -0.25) is 14.5 Å². The molecule has 0 bridgehead atoms. The SMILES string of the molecule is O=C(Nc1ccc2c(c1)OCO2)C1CCN(Cc2nc3scc(-c4cccs4)c3c(=O)[nH]2)CC1. The Balaban J connectivity index is 1.08. The number of aromatic amines is 1. The number of carbonyl (C=O) groups is 1. The molecule has 174 valence electrons. The number of rotatable bonds is 5. The van der Waals surface area contributed by atoms with Crippen molar-refractivity contribution in [3.05, 3.63) is 57.3 Å². The number of nitrogens with zero attached hydrogens (tertiary/aromatic N) is 2. The van der Waals surface area contributed by atoms with Crippen molar-refractivity contribution in [1.29, 1.82) is 0 Å². The second kappa shape index (κ2) is 8.86. The van der Waals surface area contributed by atoms with Crippen LogP contribution >= 0.6 is 22.7 Å². The monoisotopic (exact) mass is 494 g/mol. The Morgan fingerprint density at radius 1 is 1.18 bits per heavy atom. The molecular formula is C24H22N4O4S2. The Labute approximate surface area is 203 Å². The number of aromatic nitrogens is 2. The first-order chi connectivity index (χ1) is 16.6. The zero-order chi connectivity index (χ0) is 23.1. The molecule has 8 nitrogen and oxygen atoms in total. The highest BCUT2D eigenvalue weighted by atomic mass is 32.1. The quantitative estimate of drug-likeness (QED) is 0.430. The fraction of sp³-hybridized carbons (Fsp3) is 0.292. The molecule has 0 atom stereocenters. The summed E-state index contributed by atoms with van der Waals surface area (Å²) in [4.78, 5) is 37.4. The van der Waals surface area contributed by atoms with Gasteiger partial charge in [0.25, 0.3) is 5.56 Å². The van der Waals surface area contributed by atoms with Crippen molar-refractivity contribution in [1.82, 2.24) is 14.9 Å². The molecule has 5 heterocycles. The number of ether oxygens (including phenoxy) is 2. The second-order valence-electron chi connectivity index (χ2n) is 8.43. The van der Waals surface area contributed by atoms with Crippen molar-refractivity contribution >= 4 is 44.5 Å². The molecule has 0 aliphatic carbocycles. The molecule has 1 fully saturated rings. The molecule has 10 heteroatoms. The molecule has 3 aromatic heterocycles. The molecule has 0 spiro atoms. The predicted octanol–water partition coefficient (Wildman–Crippen LogP) is 4.29. The highest BCUT2D eigenvalue weighted by Gasteiger charge is 2.26. The van der Waals surface area contributed by atoms with Gasteiger partial charge >= 0.3 is 0 Å². The highest BCUT2D eigenvalue weighted by molar-refractivity contribution is 7.18. The Hall–Kier alpha value is -3.21. The summed E-state index contributed by atoms with van der Waals surface area (Å²) >= 11 is 3.12. The lowest BCUT2D eigenvalue weighted by Gasteiger charge is -2.30. The fourth-order valence-electron chi connectivity index (χ4n) is 4.47. The van der Waals surface area contributed by atoms with E-state index in [0.29, 0.717) is 34.9 Å². The summed E-state index contributed by atoms with van der Waals surface area (Å²) in [6, 6.07) is 9.43. The van der Waals surface area contributed by atoms with Gasteiger partial charge < -0.3 is 19.8 Å². The van der Waals surface area contributed by atoms with Gasteiger partial charge in [0.15, 0.2) is 11.5 Å². The largest absolute Gasteiger partial charge is 0.454 e. The first kappa shape index (κ1) is 21.3. The van der Waals surface area contributed by atoms with Crippen LogP contribution in [0.25, 0.3) is 20.7 Å². The van der Waals surface area contributed by atoms with Crippen molar-refractivity contribution in [2.45, 2.75) is 19.4 Å². The van der Waals surface area contributed by atoms with E-state index in [-0.39, 0.29) is 24.2 Å². The van der Waals surface area contributed by atoms with Gasteiger partial charge in [-0.15, -0.1) is 22.7 Å². The summed E-state index contributed by atoms with van der Waals surface area (Å²) < 4.78 is 10.7. The van der Waals surface area contributed by atoms with Crippen LogP contribution in [0, 0.1) is 5.92 Å². The molecule has 1 aromatic carbocycles. The average Bonchev–Trinajstić information content (AvgIpc) is 3.59. The maximum absolute atomic E-state index is 12.8. The third-order valence-electron chi connectivity index (χ3n) is 6.25. The maximum Gasteiger partial charge on any atom is 0.260 e. The smallest absolute Gasteiger partial charge is 0.260 e. The minimum atomic E-state index is -0.0948. The van der Waals surface area contributed by atoms with Gasteiger partial charge in [-0.25, -0.2) is 4.98 Å². The third-order valence-corrected chi connectivity index (χ3v) is 8.03. The third kappa shape index (κ3) is 4.08. The normalized spacial score (nSPS) is 16.2.